The van der Waals surface area contributed by atoms with E-state index in [0.29, 0.717) is 34.8 Å². The molecule has 0 amide bonds. The van der Waals surface area contributed by atoms with Gasteiger partial charge >= 0.3 is 5.97 Å². The smallest absolute Gasteiger partial charge is 0.343 e. The van der Waals surface area contributed by atoms with E-state index in [4.69, 9.17) is 14.2 Å². The Kier molecular flexibility index (Phi) is 6.58. The molecule has 1 N–H and O–H groups in total. The summed E-state index contributed by atoms with van der Waals surface area (Å²) in [6.07, 6.45) is 13.7. The van der Waals surface area contributed by atoms with Gasteiger partial charge in [-0.2, -0.15) is 0 Å². The number of nitrogens with zero attached hydrogens (tertiary/aromatic N) is 1. The van der Waals surface area contributed by atoms with Crippen molar-refractivity contribution in [2.75, 3.05) is 13.7 Å². The lowest BCUT2D eigenvalue weighted by atomic mass is 9.78. The fourth-order valence-electron chi connectivity index (χ4n) is 7.06. The number of hydrogen-bond donors (Lipinski definition) is 1. The van der Waals surface area contributed by atoms with Crippen molar-refractivity contribution < 1.29 is 24.1 Å². The maximum atomic E-state index is 12.2. The van der Waals surface area contributed by atoms with Crippen LogP contribution in [0.4, 0.5) is 0 Å². The van der Waals surface area contributed by atoms with Crippen molar-refractivity contribution >= 4 is 5.97 Å². The van der Waals surface area contributed by atoms with Crippen molar-refractivity contribution in [2.24, 2.45) is 17.8 Å². The number of fused-ring (bicyclic) bond motifs is 3. The van der Waals surface area contributed by atoms with Gasteiger partial charge in [0, 0.05) is 30.5 Å². The van der Waals surface area contributed by atoms with Crippen molar-refractivity contribution in [2.45, 2.75) is 96.2 Å². The first-order valence-electron chi connectivity index (χ1n) is 13.0. The van der Waals surface area contributed by atoms with Crippen LogP contribution in [0.15, 0.2) is 34.7 Å². The van der Waals surface area contributed by atoms with Gasteiger partial charge in [0.1, 0.15) is 5.76 Å². The Bertz CT molecular complexity index is 868. The van der Waals surface area contributed by atoms with Crippen molar-refractivity contribution in [3.8, 4) is 0 Å². The molecule has 0 radical (unpaired) electrons. The third kappa shape index (κ3) is 4.14. The van der Waals surface area contributed by atoms with Crippen molar-refractivity contribution in [1.29, 1.82) is 0 Å². The predicted molar refractivity (Wildman–Crippen MR) is 125 cm³/mol. The van der Waals surface area contributed by atoms with E-state index in [2.05, 4.69) is 17.9 Å². The summed E-state index contributed by atoms with van der Waals surface area (Å²) in [4.78, 5) is 14.8. The van der Waals surface area contributed by atoms with Crippen molar-refractivity contribution in [3.05, 3.63) is 34.7 Å². The molecule has 6 heteroatoms. The first-order chi connectivity index (χ1) is 16.0. The summed E-state index contributed by atoms with van der Waals surface area (Å²) in [6, 6.07) is 0.558. The minimum atomic E-state index is -0.364. The molecule has 0 spiro atoms. The first-order valence-corrected chi connectivity index (χ1v) is 13.0. The van der Waals surface area contributed by atoms with Gasteiger partial charge in [-0.25, -0.2) is 4.79 Å². The molecule has 0 aromatic rings. The van der Waals surface area contributed by atoms with Crippen LogP contribution in [-0.4, -0.2) is 47.8 Å². The van der Waals surface area contributed by atoms with Crippen LogP contribution in [-0.2, 0) is 19.0 Å². The summed E-state index contributed by atoms with van der Waals surface area (Å²) >= 11 is 0. The van der Waals surface area contributed by atoms with E-state index in [0.717, 1.165) is 44.4 Å². The second-order valence-corrected chi connectivity index (χ2v) is 10.7. The summed E-state index contributed by atoms with van der Waals surface area (Å²) in [7, 11) is 1.57. The molecule has 2 saturated heterocycles. The zero-order valence-electron chi connectivity index (χ0n) is 20.3. The van der Waals surface area contributed by atoms with Gasteiger partial charge < -0.3 is 19.3 Å². The maximum absolute atomic E-state index is 12.2. The molecule has 5 atom stereocenters. The molecule has 0 bridgehead atoms. The number of cyclic esters (lactones) is 1. The Balaban J connectivity index is 1.38. The molecular weight excluding hydrogens is 418 g/mol. The molecule has 1 saturated carbocycles. The summed E-state index contributed by atoms with van der Waals surface area (Å²) in [5.41, 5.74) is 0.488. The highest BCUT2D eigenvalue weighted by Gasteiger charge is 2.49. The summed E-state index contributed by atoms with van der Waals surface area (Å²) in [6.45, 7) is 4.87. The fraction of sp³-hybridized carbons (Fsp3) is 0.741. The largest absolute Gasteiger partial charge is 0.492 e. The summed E-state index contributed by atoms with van der Waals surface area (Å²) in [5, 5.41) is 11.3. The fourth-order valence-corrected chi connectivity index (χ4v) is 7.06. The topological polar surface area (TPSA) is 68.2 Å². The van der Waals surface area contributed by atoms with Crippen LogP contribution >= 0.6 is 0 Å². The van der Waals surface area contributed by atoms with E-state index in [1.807, 2.05) is 0 Å². The normalized spacial score (nSPS) is 36.5. The molecule has 33 heavy (non-hydrogen) atoms. The number of hydrogen-bond acceptors (Lipinski definition) is 6. The van der Waals surface area contributed by atoms with Gasteiger partial charge in [-0.15, -0.1) is 0 Å². The number of methoxy groups -OCH3 is 1. The number of carbonyl (C=O) groups excluding carboxylic acids is 1. The van der Waals surface area contributed by atoms with Crippen LogP contribution in [0.25, 0.3) is 0 Å². The first kappa shape index (κ1) is 23.0. The molecule has 5 rings (SSSR count). The number of ether oxygens (including phenoxy) is 3. The van der Waals surface area contributed by atoms with Crippen molar-refractivity contribution in [1.82, 2.24) is 4.90 Å². The monoisotopic (exact) mass is 457 g/mol. The van der Waals surface area contributed by atoms with E-state index >= 15 is 0 Å². The molecule has 5 aliphatic rings. The van der Waals surface area contributed by atoms with Crippen LogP contribution in [0.3, 0.4) is 0 Å². The Morgan fingerprint density at radius 3 is 2.70 bits per heavy atom. The van der Waals surface area contributed by atoms with Gasteiger partial charge in [0.25, 0.3) is 0 Å². The minimum Gasteiger partial charge on any atom is -0.492 e. The molecular formula is C27H39NO5. The van der Waals surface area contributed by atoms with Crippen LogP contribution < -0.4 is 0 Å². The minimum absolute atomic E-state index is 0.0786. The third-order valence-corrected chi connectivity index (χ3v) is 8.73. The number of esters is 1. The molecule has 0 aromatic carbocycles. The lowest BCUT2D eigenvalue weighted by Gasteiger charge is -2.46. The van der Waals surface area contributed by atoms with Gasteiger partial charge in [-0.3, -0.25) is 4.90 Å². The SMILES string of the molecule is COC1=C(C)C(=O)OC1=C1OC2=CCCN3[C@@H](CCC[C@H]3[C@@H](O)CC3CCCCC3)[C@H]2[C@@H]1C. The van der Waals surface area contributed by atoms with Gasteiger partial charge in [0.15, 0.2) is 11.5 Å². The van der Waals surface area contributed by atoms with E-state index in [-0.39, 0.29) is 30.0 Å². The molecule has 0 unspecified atom stereocenters. The average molecular weight is 458 g/mol. The second-order valence-electron chi connectivity index (χ2n) is 10.7. The Labute approximate surface area is 197 Å². The number of piperidine rings is 1. The number of rotatable bonds is 4. The highest BCUT2D eigenvalue weighted by molar-refractivity contribution is 5.93. The van der Waals surface area contributed by atoms with Gasteiger partial charge in [0.05, 0.1) is 18.8 Å². The zero-order valence-corrected chi connectivity index (χ0v) is 20.3. The molecule has 6 nitrogen and oxygen atoms in total. The number of allylic oxidation sites excluding steroid dienone is 1. The van der Waals surface area contributed by atoms with Crippen LogP contribution in [0.2, 0.25) is 0 Å². The molecule has 1 aliphatic carbocycles. The summed E-state index contributed by atoms with van der Waals surface area (Å²) < 4.78 is 17.5. The highest BCUT2D eigenvalue weighted by atomic mass is 16.6. The van der Waals surface area contributed by atoms with E-state index in [9.17, 15) is 9.90 Å². The lowest BCUT2D eigenvalue weighted by Crippen LogP contribution is -2.55. The van der Waals surface area contributed by atoms with E-state index < -0.39 is 0 Å². The lowest BCUT2D eigenvalue weighted by molar-refractivity contribution is -0.133. The van der Waals surface area contributed by atoms with Crippen LogP contribution in [0.5, 0.6) is 0 Å². The predicted octanol–water partition coefficient (Wildman–Crippen LogP) is 4.80. The standard InChI is InChI=1S/C27H39NO5/c1-16-23-20-12-7-11-19(21(29)15-18-9-5-4-6-10-18)28(20)14-8-13-22(23)32-25(16)26-24(31-3)17(2)27(30)33-26/h13,16,18-21,23,29H,4-12,14-15H2,1-3H3/t16-,19-,20-,21-,23+/m0/s1. The van der Waals surface area contributed by atoms with Gasteiger partial charge in [0.2, 0.25) is 5.76 Å². The summed E-state index contributed by atoms with van der Waals surface area (Å²) in [5.74, 6) is 3.23. The van der Waals surface area contributed by atoms with Crippen LogP contribution in [0, 0.1) is 17.8 Å². The molecule has 3 fully saturated rings. The number of aliphatic hydroxyl groups is 1. The second kappa shape index (κ2) is 9.46. The van der Waals surface area contributed by atoms with Crippen molar-refractivity contribution in [3.63, 3.8) is 0 Å². The number of aliphatic hydroxyl groups excluding tert-OH is 1. The Morgan fingerprint density at radius 1 is 1.15 bits per heavy atom. The molecule has 0 aromatic heterocycles. The Morgan fingerprint density at radius 2 is 1.94 bits per heavy atom. The van der Waals surface area contributed by atoms with E-state index in [1.165, 1.54) is 32.1 Å². The zero-order chi connectivity index (χ0) is 23.1. The third-order valence-electron chi connectivity index (χ3n) is 8.73. The van der Waals surface area contributed by atoms with Gasteiger partial charge in [-0.1, -0.05) is 45.4 Å². The average Bonchev–Trinajstić information content (AvgIpc) is 3.21. The van der Waals surface area contributed by atoms with Crippen LogP contribution in [0.1, 0.15) is 78.1 Å². The van der Waals surface area contributed by atoms with Gasteiger partial charge in [-0.05, 0) is 44.6 Å². The van der Waals surface area contributed by atoms with E-state index in [1.54, 1.807) is 14.0 Å². The quantitative estimate of drug-likeness (QED) is 0.612. The molecule has 182 valence electrons. The maximum Gasteiger partial charge on any atom is 0.343 e. The highest BCUT2D eigenvalue weighted by Crippen LogP contribution is 2.49. The molecule has 4 aliphatic heterocycles. The molecule has 4 heterocycles. The Hall–Kier alpha value is -1.79. The number of carbonyl (C=O) groups is 1.